The van der Waals surface area contributed by atoms with Gasteiger partial charge in [-0.1, -0.05) is 30.3 Å². The second-order valence-corrected chi connectivity index (χ2v) is 6.65. The van der Waals surface area contributed by atoms with Gasteiger partial charge in [-0.3, -0.25) is 15.5 Å². The fourth-order valence-corrected chi connectivity index (χ4v) is 2.06. The highest BCUT2D eigenvalue weighted by Gasteiger charge is 2.54. The van der Waals surface area contributed by atoms with Crippen LogP contribution in [0.3, 0.4) is 0 Å². The van der Waals surface area contributed by atoms with Crippen molar-refractivity contribution in [2.24, 2.45) is 5.84 Å². The third-order valence-electron chi connectivity index (χ3n) is 3.35. The Morgan fingerprint density at radius 1 is 1.19 bits per heavy atom. The van der Waals surface area contributed by atoms with Crippen LogP contribution in [-0.4, -0.2) is 40.3 Å². The van der Waals surface area contributed by atoms with Crippen LogP contribution in [-0.2, 0) is 25.7 Å². The summed E-state index contributed by atoms with van der Waals surface area (Å²) < 4.78 is 10.2. The molecule has 0 saturated carbocycles. The standard InChI is InChI=1S/C17H25N3O6/c1-11(21)17(13(22)20-18,14(23)26-16(2,3)4)19-15(24)25-10-12-8-6-5-7-9-12/h5-9,11,21H,10,18H2,1-4H3,(H,19,24)(H,20,22)/t11-,17+/m1/s1. The number of rotatable bonds is 6. The van der Waals surface area contributed by atoms with Gasteiger partial charge in [0, 0.05) is 0 Å². The van der Waals surface area contributed by atoms with Gasteiger partial charge in [0.1, 0.15) is 12.2 Å². The molecule has 1 aromatic rings. The molecule has 2 atom stereocenters. The maximum atomic E-state index is 12.6. The maximum Gasteiger partial charge on any atom is 0.408 e. The monoisotopic (exact) mass is 367 g/mol. The van der Waals surface area contributed by atoms with E-state index in [2.05, 4.69) is 5.32 Å². The van der Waals surface area contributed by atoms with E-state index in [1.807, 2.05) is 0 Å². The van der Waals surface area contributed by atoms with E-state index < -0.39 is 35.2 Å². The van der Waals surface area contributed by atoms with Gasteiger partial charge in [-0.05, 0) is 33.3 Å². The van der Waals surface area contributed by atoms with E-state index in [4.69, 9.17) is 15.3 Å². The molecule has 1 aromatic carbocycles. The first-order valence-electron chi connectivity index (χ1n) is 7.94. The highest BCUT2D eigenvalue weighted by Crippen LogP contribution is 2.19. The summed E-state index contributed by atoms with van der Waals surface area (Å²) in [5, 5.41) is 12.2. The zero-order valence-electron chi connectivity index (χ0n) is 15.2. The number of hydrogen-bond acceptors (Lipinski definition) is 7. The van der Waals surface area contributed by atoms with E-state index in [0.717, 1.165) is 6.92 Å². The molecule has 0 aliphatic heterocycles. The third-order valence-corrected chi connectivity index (χ3v) is 3.35. The van der Waals surface area contributed by atoms with Crippen molar-refractivity contribution in [3.8, 4) is 0 Å². The molecule has 0 aliphatic carbocycles. The lowest BCUT2D eigenvalue weighted by Crippen LogP contribution is -2.71. The molecule has 0 bridgehead atoms. The predicted molar refractivity (Wildman–Crippen MR) is 92.3 cm³/mol. The van der Waals surface area contributed by atoms with E-state index in [0.29, 0.717) is 5.56 Å². The van der Waals surface area contributed by atoms with E-state index in [1.165, 1.54) is 0 Å². The lowest BCUT2D eigenvalue weighted by atomic mass is 9.92. The van der Waals surface area contributed by atoms with E-state index in [1.54, 1.807) is 56.5 Å². The number of alkyl carbamates (subject to hydrolysis) is 1. The molecule has 26 heavy (non-hydrogen) atoms. The Bertz CT molecular complexity index is 642. The molecule has 0 saturated heterocycles. The number of hydrogen-bond donors (Lipinski definition) is 4. The van der Waals surface area contributed by atoms with Gasteiger partial charge in [-0.15, -0.1) is 0 Å². The maximum absolute atomic E-state index is 12.6. The molecule has 144 valence electrons. The Morgan fingerprint density at radius 2 is 1.77 bits per heavy atom. The third kappa shape index (κ3) is 5.43. The van der Waals surface area contributed by atoms with Crippen molar-refractivity contribution >= 4 is 18.0 Å². The molecule has 0 heterocycles. The van der Waals surface area contributed by atoms with Crippen LogP contribution in [0.25, 0.3) is 0 Å². The van der Waals surface area contributed by atoms with Crippen LogP contribution in [0.4, 0.5) is 4.79 Å². The lowest BCUT2D eigenvalue weighted by molar-refractivity contribution is -0.171. The topological polar surface area (TPSA) is 140 Å². The number of hydrazine groups is 1. The number of aliphatic hydroxyl groups is 1. The van der Waals surface area contributed by atoms with Crippen LogP contribution in [0.2, 0.25) is 0 Å². The minimum atomic E-state index is -2.46. The summed E-state index contributed by atoms with van der Waals surface area (Å²) in [6.45, 7) is 5.78. The van der Waals surface area contributed by atoms with Crippen molar-refractivity contribution in [2.75, 3.05) is 0 Å². The number of aliphatic hydroxyl groups excluding tert-OH is 1. The van der Waals surface area contributed by atoms with Crippen LogP contribution < -0.4 is 16.6 Å². The highest BCUT2D eigenvalue weighted by atomic mass is 16.6. The van der Waals surface area contributed by atoms with Crippen LogP contribution in [0, 0.1) is 0 Å². The Morgan fingerprint density at radius 3 is 2.23 bits per heavy atom. The fraction of sp³-hybridized carbons (Fsp3) is 0.471. The number of nitrogens with two attached hydrogens (primary N) is 1. The molecule has 0 aromatic heterocycles. The zero-order chi connectivity index (χ0) is 20.0. The summed E-state index contributed by atoms with van der Waals surface area (Å²) in [7, 11) is 0. The number of amides is 2. The van der Waals surface area contributed by atoms with Crippen molar-refractivity contribution in [2.45, 2.75) is 51.5 Å². The quantitative estimate of drug-likeness (QED) is 0.187. The van der Waals surface area contributed by atoms with Crippen molar-refractivity contribution < 1.29 is 29.0 Å². The van der Waals surface area contributed by atoms with Gasteiger partial charge in [-0.25, -0.2) is 15.4 Å². The number of carbonyl (C=O) groups is 3. The van der Waals surface area contributed by atoms with Gasteiger partial charge in [0.05, 0.1) is 6.10 Å². The van der Waals surface area contributed by atoms with E-state index >= 15 is 0 Å². The summed E-state index contributed by atoms with van der Waals surface area (Å²) in [5.41, 5.74) is -0.970. The normalized spacial score (nSPS) is 14.5. The first kappa shape index (κ1) is 21.4. The van der Waals surface area contributed by atoms with Crippen LogP contribution in [0.15, 0.2) is 30.3 Å². The van der Waals surface area contributed by atoms with Gasteiger partial charge in [0.2, 0.25) is 5.54 Å². The largest absolute Gasteiger partial charge is 0.458 e. The van der Waals surface area contributed by atoms with E-state index in [9.17, 15) is 19.5 Å². The average Bonchev–Trinajstić information content (AvgIpc) is 2.56. The lowest BCUT2D eigenvalue weighted by Gasteiger charge is -2.34. The molecule has 0 spiro atoms. The summed E-state index contributed by atoms with van der Waals surface area (Å²) >= 11 is 0. The van der Waals surface area contributed by atoms with Gasteiger partial charge >= 0.3 is 12.1 Å². The van der Waals surface area contributed by atoms with Crippen LogP contribution in [0.5, 0.6) is 0 Å². The number of carbonyl (C=O) groups excluding carboxylic acids is 3. The van der Waals surface area contributed by atoms with E-state index in [-0.39, 0.29) is 6.61 Å². The van der Waals surface area contributed by atoms with Gasteiger partial charge in [0.25, 0.3) is 5.91 Å². The molecule has 0 aliphatic rings. The molecule has 9 heteroatoms. The molecule has 5 N–H and O–H groups in total. The number of benzene rings is 1. The zero-order valence-corrected chi connectivity index (χ0v) is 15.2. The SMILES string of the molecule is C[C@@H](O)[C@](NC(=O)OCc1ccccc1)(C(=O)NN)C(=O)OC(C)(C)C. The molecule has 9 nitrogen and oxygen atoms in total. The Hall–Kier alpha value is -2.65. The first-order chi connectivity index (χ1) is 12.0. The molecule has 2 amide bonds. The predicted octanol–water partition coefficient (Wildman–Crippen LogP) is 0.364. The second kappa shape index (κ2) is 8.63. The van der Waals surface area contributed by atoms with Gasteiger partial charge in [0.15, 0.2) is 0 Å². The number of nitrogens with one attached hydrogen (secondary N) is 2. The highest BCUT2D eigenvalue weighted by molar-refractivity contribution is 6.10. The molecular weight excluding hydrogens is 342 g/mol. The Kier molecular flexibility index (Phi) is 7.10. The minimum absolute atomic E-state index is 0.0961. The summed E-state index contributed by atoms with van der Waals surface area (Å²) in [6.07, 6.45) is -2.74. The summed E-state index contributed by atoms with van der Waals surface area (Å²) in [5.74, 6) is 2.82. The minimum Gasteiger partial charge on any atom is -0.458 e. The molecular formula is C17H25N3O6. The van der Waals surface area contributed by atoms with Crippen molar-refractivity contribution in [3.05, 3.63) is 35.9 Å². The fourth-order valence-electron chi connectivity index (χ4n) is 2.06. The van der Waals surface area contributed by atoms with Crippen LogP contribution in [0.1, 0.15) is 33.3 Å². The Labute approximate surface area is 151 Å². The molecule has 0 unspecified atom stereocenters. The van der Waals surface area contributed by atoms with Crippen molar-refractivity contribution in [1.29, 1.82) is 0 Å². The Balaban J connectivity index is 3.02. The second-order valence-electron chi connectivity index (χ2n) is 6.65. The number of esters is 1. The first-order valence-corrected chi connectivity index (χ1v) is 7.94. The average molecular weight is 367 g/mol. The molecule has 0 fully saturated rings. The van der Waals surface area contributed by atoms with Crippen molar-refractivity contribution in [3.63, 3.8) is 0 Å². The smallest absolute Gasteiger partial charge is 0.408 e. The van der Waals surface area contributed by atoms with Gasteiger partial charge in [-0.2, -0.15) is 0 Å². The summed E-state index contributed by atoms with van der Waals surface area (Å²) in [6, 6.07) is 8.79. The number of ether oxygens (including phenoxy) is 2. The van der Waals surface area contributed by atoms with Gasteiger partial charge < -0.3 is 14.6 Å². The van der Waals surface area contributed by atoms with Crippen LogP contribution >= 0.6 is 0 Å². The summed E-state index contributed by atoms with van der Waals surface area (Å²) in [4.78, 5) is 37.0. The van der Waals surface area contributed by atoms with Crippen molar-refractivity contribution in [1.82, 2.24) is 10.7 Å². The molecule has 1 rings (SSSR count). The molecule has 0 radical (unpaired) electrons.